The Hall–Kier alpha value is -3.47. The molecule has 0 saturated carbocycles. The first-order valence-electron chi connectivity index (χ1n) is 10.6. The molecule has 1 aromatic carbocycles. The molecule has 0 unspecified atom stereocenters. The zero-order valence-corrected chi connectivity index (χ0v) is 20.5. The highest BCUT2D eigenvalue weighted by Crippen LogP contribution is 2.24. The standard InChI is InChI=1S/C23H30N4O6S/c1-23(2,3)33-22(31)26-21-25-12-17(34-21)11-10-16(13-28)18(27(4)20(24)30)19(29)32-14-15-8-6-5-7-9-15/h5-9,12-13,16,18H,10-11,14H2,1-4H3,(H2,24,30)(H,25,26,31)/t16-,18-/m0/s1. The van der Waals surface area contributed by atoms with Crippen LogP contribution in [0.4, 0.5) is 14.7 Å². The lowest BCUT2D eigenvalue weighted by Gasteiger charge is -2.29. The zero-order valence-electron chi connectivity index (χ0n) is 19.6. The number of anilines is 1. The molecule has 184 valence electrons. The Morgan fingerprint density at radius 1 is 1.24 bits per heavy atom. The van der Waals surface area contributed by atoms with Crippen molar-refractivity contribution in [3.05, 3.63) is 47.0 Å². The number of hydrogen-bond acceptors (Lipinski definition) is 8. The van der Waals surface area contributed by atoms with Gasteiger partial charge in [0.25, 0.3) is 0 Å². The molecule has 2 atom stereocenters. The first-order chi connectivity index (χ1) is 16.0. The number of hydrogen-bond donors (Lipinski definition) is 2. The predicted molar refractivity (Wildman–Crippen MR) is 127 cm³/mol. The van der Waals surface area contributed by atoms with Crippen LogP contribution >= 0.6 is 11.3 Å². The highest BCUT2D eigenvalue weighted by atomic mass is 32.1. The number of aryl methyl sites for hydroxylation is 1. The van der Waals surface area contributed by atoms with Crippen LogP contribution in [0.5, 0.6) is 0 Å². The number of primary amides is 1. The van der Waals surface area contributed by atoms with Crippen molar-refractivity contribution in [2.45, 2.75) is 51.9 Å². The summed E-state index contributed by atoms with van der Waals surface area (Å²) in [5, 5.41) is 2.91. The predicted octanol–water partition coefficient (Wildman–Crippen LogP) is 3.36. The number of urea groups is 1. The van der Waals surface area contributed by atoms with Crippen LogP contribution in [0.2, 0.25) is 0 Å². The Morgan fingerprint density at radius 2 is 1.91 bits per heavy atom. The number of ether oxygens (including phenoxy) is 2. The normalized spacial score (nSPS) is 12.8. The van der Waals surface area contributed by atoms with Crippen LogP contribution in [0.1, 0.15) is 37.6 Å². The van der Waals surface area contributed by atoms with Crippen LogP contribution in [0, 0.1) is 5.92 Å². The number of aromatic nitrogens is 1. The first kappa shape index (κ1) is 26.8. The molecule has 0 aliphatic heterocycles. The summed E-state index contributed by atoms with van der Waals surface area (Å²) in [6.45, 7) is 5.26. The number of carbonyl (C=O) groups is 4. The third-order valence-electron chi connectivity index (χ3n) is 4.70. The third kappa shape index (κ3) is 8.47. The van der Waals surface area contributed by atoms with Crippen molar-refractivity contribution in [3.8, 4) is 0 Å². The van der Waals surface area contributed by atoms with Gasteiger partial charge in [0.1, 0.15) is 24.5 Å². The number of carbonyl (C=O) groups excluding carboxylic acids is 4. The number of nitrogens with two attached hydrogens (primary N) is 1. The zero-order chi connectivity index (χ0) is 25.3. The van der Waals surface area contributed by atoms with Gasteiger partial charge in [0.15, 0.2) is 5.13 Å². The summed E-state index contributed by atoms with van der Waals surface area (Å²) in [6.07, 6.45) is 2.18. The van der Waals surface area contributed by atoms with Gasteiger partial charge in [0.2, 0.25) is 0 Å². The van der Waals surface area contributed by atoms with Crippen molar-refractivity contribution in [2.24, 2.45) is 11.7 Å². The van der Waals surface area contributed by atoms with Crippen molar-refractivity contribution in [1.82, 2.24) is 9.88 Å². The molecule has 2 aromatic rings. The van der Waals surface area contributed by atoms with Crippen molar-refractivity contribution in [2.75, 3.05) is 12.4 Å². The maximum absolute atomic E-state index is 12.8. The average Bonchev–Trinajstić information content (AvgIpc) is 3.20. The van der Waals surface area contributed by atoms with Crippen LogP contribution in [0.3, 0.4) is 0 Å². The van der Waals surface area contributed by atoms with E-state index in [1.54, 1.807) is 39.1 Å². The Morgan fingerprint density at radius 3 is 2.50 bits per heavy atom. The maximum atomic E-state index is 12.8. The molecule has 0 bridgehead atoms. The van der Waals surface area contributed by atoms with Crippen molar-refractivity contribution >= 4 is 40.8 Å². The van der Waals surface area contributed by atoms with E-state index in [4.69, 9.17) is 15.2 Å². The second kappa shape index (κ2) is 12.1. The number of benzene rings is 1. The van der Waals surface area contributed by atoms with Gasteiger partial charge in [-0.1, -0.05) is 30.3 Å². The number of rotatable bonds is 10. The second-order valence-electron chi connectivity index (χ2n) is 8.58. The molecule has 2 rings (SSSR count). The minimum atomic E-state index is -1.18. The lowest BCUT2D eigenvalue weighted by Crippen LogP contribution is -2.50. The highest BCUT2D eigenvalue weighted by molar-refractivity contribution is 7.15. The molecule has 11 heteroatoms. The Kier molecular flexibility index (Phi) is 9.55. The first-order valence-corrected chi connectivity index (χ1v) is 11.4. The smallest absolute Gasteiger partial charge is 0.413 e. The van der Waals surface area contributed by atoms with Crippen molar-refractivity contribution in [1.29, 1.82) is 0 Å². The molecule has 3 amide bonds. The Balaban J connectivity index is 2.03. The topological polar surface area (TPSA) is 141 Å². The molecule has 0 spiro atoms. The number of nitrogens with zero attached hydrogens (tertiary/aromatic N) is 2. The van der Waals surface area contributed by atoms with E-state index >= 15 is 0 Å². The molecule has 0 aliphatic carbocycles. The Labute approximate surface area is 202 Å². The van der Waals surface area contributed by atoms with Gasteiger partial charge >= 0.3 is 18.1 Å². The summed E-state index contributed by atoms with van der Waals surface area (Å²) >= 11 is 1.22. The molecule has 0 aliphatic rings. The fourth-order valence-corrected chi connectivity index (χ4v) is 3.87. The molecule has 0 saturated heterocycles. The molecule has 34 heavy (non-hydrogen) atoms. The molecule has 1 heterocycles. The van der Waals surface area contributed by atoms with E-state index < -0.39 is 35.7 Å². The lowest BCUT2D eigenvalue weighted by molar-refractivity contribution is -0.153. The van der Waals surface area contributed by atoms with E-state index in [2.05, 4.69) is 10.3 Å². The largest absolute Gasteiger partial charge is 0.459 e. The molecular formula is C23H30N4O6S. The molecule has 0 radical (unpaired) electrons. The molecule has 1 aromatic heterocycles. The Bertz CT molecular complexity index is 989. The second-order valence-corrected chi connectivity index (χ2v) is 9.70. The van der Waals surface area contributed by atoms with Crippen LogP contribution in [-0.4, -0.2) is 53.0 Å². The van der Waals surface area contributed by atoms with Crippen LogP contribution in [0.15, 0.2) is 36.5 Å². The summed E-state index contributed by atoms with van der Waals surface area (Å²) in [5.41, 5.74) is 5.51. The number of thiazole rings is 1. The van der Waals surface area contributed by atoms with Crippen LogP contribution in [-0.2, 0) is 32.1 Å². The molecule has 0 fully saturated rings. The van der Waals surface area contributed by atoms with Gasteiger partial charge in [0.05, 0.1) is 0 Å². The third-order valence-corrected chi connectivity index (χ3v) is 5.67. The minimum Gasteiger partial charge on any atom is -0.459 e. The number of amides is 3. The SMILES string of the molecule is CN(C(N)=O)[C@H](C(=O)OCc1ccccc1)[C@H](C=O)CCc1cnc(NC(=O)OC(C)(C)C)s1. The van der Waals surface area contributed by atoms with E-state index in [9.17, 15) is 19.2 Å². The molecule has 10 nitrogen and oxygen atoms in total. The van der Waals surface area contributed by atoms with Gasteiger partial charge in [-0.2, -0.15) is 0 Å². The van der Waals surface area contributed by atoms with Gasteiger partial charge in [-0.25, -0.2) is 19.4 Å². The van der Waals surface area contributed by atoms with E-state index in [0.29, 0.717) is 17.8 Å². The number of likely N-dealkylation sites (N-methyl/N-ethyl adjacent to an activating group) is 1. The fourth-order valence-electron chi connectivity index (χ4n) is 3.05. The maximum Gasteiger partial charge on any atom is 0.413 e. The van der Waals surface area contributed by atoms with Gasteiger partial charge in [0, 0.05) is 24.0 Å². The van der Waals surface area contributed by atoms with Gasteiger partial charge in [-0.3, -0.25) is 5.32 Å². The van der Waals surface area contributed by atoms with E-state index in [-0.39, 0.29) is 13.0 Å². The van der Waals surface area contributed by atoms with Gasteiger partial charge in [-0.15, -0.1) is 11.3 Å². The average molecular weight is 491 g/mol. The number of nitrogens with one attached hydrogen (secondary N) is 1. The molecular weight excluding hydrogens is 460 g/mol. The van der Waals surface area contributed by atoms with Crippen LogP contribution in [0.25, 0.3) is 0 Å². The summed E-state index contributed by atoms with van der Waals surface area (Å²) in [6, 6.07) is 7.02. The quantitative estimate of drug-likeness (QED) is 0.384. The van der Waals surface area contributed by atoms with Gasteiger partial charge < -0.3 is 24.9 Å². The van der Waals surface area contributed by atoms with E-state index in [0.717, 1.165) is 15.3 Å². The number of aldehydes is 1. The summed E-state index contributed by atoms with van der Waals surface area (Å²) in [5.74, 6) is -1.58. The summed E-state index contributed by atoms with van der Waals surface area (Å²) in [7, 11) is 1.35. The van der Waals surface area contributed by atoms with E-state index in [1.165, 1.54) is 18.4 Å². The molecule has 3 N–H and O–H groups in total. The van der Waals surface area contributed by atoms with Gasteiger partial charge in [-0.05, 0) is 39.2 Å². The summed E-state index contributed by atoms with van der Waals surface area (Å²) < 4.78 is 10.6. The fraction of sp³-hybridized carbons (Fsp3) is 0.435. The number of esters is 1. The van der Waals surface area contributed by atoms with Crippen molar-refractivity contribution < 1.29 is 28.7 Å². The lowest BCUT2D eigenvalue weighted by atomic mass is 9.94. The van der Waals surface area contributed by atoms with E-state index in [1.807, 2.05) is 18.2 Å². The van der Waals surface area contributed by atoms with Crippen LogP contribution < -0.4 is 11.1 Å². The minimum absolute atomic E-state index is 0.00287. The van der Waals surface area contributed by atoms with Crippen molar-refractivity contribution in [3.63, 3.8) is 0 Å². The summed E-state index contributed by atoms with van der Waals surface area (Å²) in [4.78, 5) is 54.3. The monoisotopic (exact) mass is 490 g/mol. The highest BCUT2D eigenvalue weighted by Gasteiger charge is 2.35.